The molecular formula is C10H13ClO3. The minimum Gasteiger partial charge on any atom is -0.466 e. The molecule has 2 fully saturated rings. The summed E-state index contributed by atoms with van der Waals surface area (Å²) in [5.74, 6) is -0.457. The van der Waals surface area contributed by atoms with Crippen molar-refractivity contribution < 1.29 is 14.3 Å². The highest BCUT2D eigenvalue weighted by Crippen LogP contribution is 2.50. The van der Waals surface area contributed by atoms with Crippen molar-refractivity contribution in [3.8, 4) is 0 Å². The Morgan fingerprint density at radius 2 is 2.36 bits per heavy atom. The van der Waals surface area contributed by atoms with E-state index < -0.39 is 0 Å². The fourth-order valence-electron chi connectivity index (χ4n) is 2.64. The van der Waals surface area contributed by atoms with Gasteiger partial charge in [-0.25, -0.2) is 0 Å². The number of carbonyl (C=O) groups is 2. The maximum atomic E-state index is 11.6. The summed E-state index contributed by atoms with van der Waals surface area (Å²) in [5, 5.41) is -0.0212. The van der Waals surface area contributed by atoms with Gasteiger partial charge < -0.3 is 4.74 Å². The van der Waals surface area contributed by atoms with Crippen molar-refractivity contribution >= 4 is 23.4 Å². The first-order valence-corrected chi connectivity index (χ1v) is 5.42. The van der Waals surface area contributed by atoms with Gasteiger partial charge >= 0.3 is 5.97 Å². The lowest BCUT2D eigenvalue weighted by Crippen LogP contribution is -2.23. The molecule has 0 aromatic heterocycles. The van der Waals surface area contributed by atoms with Crippen LogP contribution in [-0.4, -0.2) is 23.7 Å². The van der Waals surface area contributed by atoms with Gasteiger partial charge in [-0.05, 0) is 19.3 Å². The Hall–Kier alpha value is -0.570. The molecule has 4 atom stereocenters. The molecule has 0 aromatic rings. The summed E-state index contributed by atoms with van der Waals surface area (Å²) in [4.78, 5) is 23.0. The van der Waals surface area contributed by atoms with E-state index in [2.05, 4.69) is 0 Å². The molecule has 78 valence electrons. The van der Waals surface area contributed by atoms with Crippen LogP contribution < -0.4 is 0 Å². The standard InChI is InChI=1S/C10H13ClO3/c1-2-14-10(13)9-5-4-8(12)6(9)3-7(5)11/h5-7,9H,2-4H2,1H3. The Morgan fingerprint density at radius 3 is 2.86 bits per heavy atom. The second-order valence-electron chi connectivity index (χ2n) is 3.97. The fraction of sp³-hybridized carbons (Fsp3) is 0.800. The zero-order valence-electron chi connectivity index (χ0n) is 8.03. The number of fused-ring (bicyclic) bond motifs is 2. The molecule has 2 aliphatic rings. The van der Waals surface area contributed by atoms with Gasteiger partial charge in [-0.15, -0.1) is 11.6 Å². The Bertz CT molecular complexity index is 277. The first-order valence-electron chi connectivity index (χ1n) is 4.98. The zero-order chi connectivity index (χ0) is 10.3. The average Bonchev–Trinajstić information content (AvgIpc) is 2.58. The minimum atomic E-state index is -0.259. The van der Waals surface area contributed by atoms with Crippen LogP contribution in [0.4, 0.5) is 0 Å². The van der Waals surface area contributed by atoms with Crippen LogP contribution in [-0.2, 0) is 14.3 Å². The minimum absolute atomic E-state index is 0.0212. The molecule has 0 amide bonds. The van der Waals surface area contributed by atoms with Crippen molar-refractivity contribution in [2.24, 2.45) is 17.8 Å². The third-order valence-electron chi connectivity index (χ3n) is 3.25. The van der Waals surface area contributed by atoms with Crippen molar-refractivity contribution in [2.45, 2.75) is 25.1 Å². The van der Waals surface area contributed by atoms with E-state index in [9.17, 15) is 9.59 Å². The summed E-state index contributed by atoms with van der Waals surface area (Å²) in [5.41, 5.74) is 0. The molecule has 4 unspecified atom stereocenters. The Morgan fingerprint density at radius 1 is 1.64 bits per heavy atom. The van der Waals surface area contributed by atoms with E-state index in [0.29, 0.717) is 19.4 Å². The summed E-state index contributed by atoms with van der Waals surface area (Å²) >= 11 is 6.05. The van der Waals surface area contributed by atoms with Crippen molar-refractivity contribution in [1.82, 2.24) is 0 Å². The van der Waals surface area contributed by atoms with Gasteiger partial charge in [-0.2, -0.15) is 0 Å². The fourth-order valence-corrected chi connectivity index (χ4v) is 3.07. The first kappa shape index (κ1) is 9.97. The van der Waals surface area contributed by atoms with Gasteiger partial charge in [-0.3, -0.25) is 9.59 Å². The molecule has 0 aliphatic heterocycles. The molecule has 2 saturated carbocycles. The van der Waals surface area contributed by atoms with Crippen LogP contribution in [0, 0.1) is 17.8 Å². The summed E-state index contributed by atoms with van der Waals surface area (Å²) < 4.78 is 4.95. The zero-order valence-corrected chi connectivity index (χ0v) is 8.79. The van der Waals surface area contributed by atoms with E-state index in [0.717, 1.165) is 0 Å². The Kier molecular flexibility index (Phi) is 2.52. The molecule has 0 N–H and O–H groups in total. The number of halogens is 1. The maximum Gasteiger partial charge on any atom is 0.310 e. The van der Waals surface area contributed by atoms with E-state index in [-0.39, 0.29) is 34.9 Å². The average molecular weight is 217 g/mol. The van der Waals surface area contributed by atoms with Gasteiger partial charge in [0.15, 0.2) is 0 Å². The first-order chi connectivity index (χ1) is 6.65. The van der Waals surface area contributed by atoms with Crippen LogP contribution in [0.3, 0.4) is 0 Å². The van der Waals surface area contributed by atoms with Gasteiger partial charge in [0.05, 0.1) is 12.5 Å². The predicted octanol–water partition coefficient (Wildman–Crippen LogP) is 1.38. The van der Waals surface area contributed by atoms with Gasteiger partial charge in [0.1, 0.15) is 5.78 Å². The highest BCUT2D eigenvalue weighted by molar-refractivity contribution is 6.22. The number of ether oxygens (including phenoxy) is 1. The normalized spacial score (nSPS) is 40.3. The van der Waals surface area contributed by atoms with E-state index in [1.165, 1.54) is 0 Å². The molecule has 0 saturated heterocycles. The highest BCUT2D eigenvalue weighted by atomic mass is 35.5. The quantitative estimate of drug-likeness (QED) is 0.518. The summed E-state index contributed by atoms with van der Waals surface area (Å²) in [6, 6.07) is 0. The second kappa shape index (κ2) is 3.54. The molecule has 0 aromatic carbocycles. The molecule has 0 radical (unpaired) electrons. The molecule has 2 bridgehead atoms. The van der Waals surface area contributed by atoms with E-state index in [1.54, 1.807) is 6.92 Å². The number of rotatable bonds is 2. The molecule has 14 heavy (non-hydrogen) atoms. The van der Waals surface area contributed by atoms with Gasteiger partial charge in [-0.1, -0.05) is 0 Å². The van der Waals surface area contributed by atoms with E-state index in [1.807, 2.05) is 0 Å². The topological polar surface area (TPSA) is 43.4 Å². The van der Waals surface area contributed by atoms with Crippen LogP contribution in [0.2, 0.25) is 0 Å². The lowest BCUT2D eigenvalue weighted by atomic mass is 9.98. The number of carbonyl (C=O) groups excluding carboxylic acids is 2. The molecule has 2 rings (SSSR count). The van der Waals surface area contributed by atoms with Crippen LogP contribution in [0.15, 0.2) is 0 Å². The number of esters is 1. The van der Waals surface area contributed by atoms with Crippen molar-refractivity contribution in [1.29, 1.82) is 0 Å². The Balaban J connectivity index is 2.13. The van der Waals surface area contributed by atoms with Crippen LogP contribution >= 0.6 is 11.6 Å². The van der Waals surface area contributed by atoms with Crippen molar-refractivity contribution in [2.75, 3.05) is 6.61 Å². The van der Waals surface area contributed by atoms with E-state index in [4.69, 9.17) is 16.3 Å². The molecule has 0 heterocycles. The molecule has 0 spiro atoms. The predicted molar refractivity (Wildman–Crippen MR) is 51.0 cm³/mol. The number of alkyl halides is 1. The Labute approximate surface area is 87.8 Å². The SMILES string of the molecule is CCOC(=O)C1C2CC(Cl)C1CC2=O. The second-order valence-corrected chi connectivity index (χ2v) is 4.53. The summed E-state index contributed by atoms with van der Waals surface area (Å²) in [6.45, 7) is 2.14. The van der Waals surface area contributed by atoms with Crippen LogP contribution in [0.25, 0.3) is 0 Å². The number of Topliss-reactive ketones (excluding diaryl/α,β-unsaturated/α-hetero) is 1. The lowest BCUT2D eigenvalue weighted by molar-refractivity contribution is -0.150. The number of hydrogen-bond donors (Lipinski definition) is 0. The number of hydrogen-bond acceptors (Lipinski definition) is 3. The highest BCUT2D eigenvalue weighted by Gasteiger charge is 2.56. The van der Waals surface area contributed by atoms with E-state index >= 15 is 0 Å². The molecule has 3 nitrogen and oxygen atoms in total. The molecule has 4 heteroatoms. The van der Waals surface area contributed by atoms with Gasteiger partial charge in [0, 0.05) is 17.7 Å². The van der Waals surface area contributed by atoms with Crippen molar-refractivity contribution in [3.05, 3.63) is 0 Å². The molecule has 2 aliphatic carbocycles. The molecular weight excluding hydrogens is 204 g/mol. The largest absolute Gasteiger partial charge is 0.466 e. The van der Waals surface area contributed by atoms with Crippen LogP contribution in [0.5, 0.6) is 0 Å². The third-order valence-corrected chi connectivity index (χ3v) is 3.75. The smallest absolute Gasteiger partial charge is 0.310 e. The lowest BCUT2D eigenvalue weighted by Gasteiger charge is -2.14. The number of ketones is 1. The summed E-state index contributed by atoms with van der Waals surface area (Å²) in [7, 11) is 0. The van der Waals surface area contributed by atoms with Crippen molar-refractivity contribution in [3.63, 3.8) is 0 Å². The third kappa shape index (κ3) is 1.34. The maximum absolute atomic E-state index is 11.6. The summed E-state index contributed by atoms with van der Waals surface area (Å²) in [6.07, 6.45) is 1.11. The van der Waals surface area contributed by atoms with Gasteiger partial charge in [0.2, 0.25) is 0 Å². The monoisotopic (exact) mass is 216 g/mol. The van der Waals surface area contributed by atoms with Crippen LogP contribution in [0.1, 0.15) is 19.8 Å². The van der Waals surface area contributed by atoms with Gasteiger partial charge in [0.25, 0.3) is 0 Å².